The number of hydrogen-bond donors (Lipinski definition) is 1. The highest BCUT2D eigenvalue weighted by atomic mass is 19.4. The summed E-state index contributed by atoms with van der Waals surface area (Å²) in [4.78, 5) is 14.8. The van der Waals surface area contributed by atoms with Crippen molar-refractivity contribution in [1.29, 1.82) is 0 Å². The molecule has 0 unspecified atom stereocenters. The maximum absolute atomic E-state index is 12.5. The van der Waals surface area contributed by atoms with Crippen LogP contribution in [0.3, 0.4) is 0 Å². The number of anilines is 1. The Morgan fingerprint density at radius 1 is 1.44 bits per heavy atom. The second kappa shape index (κ2) is 4.51. The van der Waals surface area contributed by atoms with E-state index in [1.54, 1.807) is 13.8 Å². The van der Waals surface area contributed by atoms with Crippen LogP contribution in [0.5, 0.6) is 0 Å². The molecule has 16 heavy (non-hydrogen) atoms. The Morgan fingerprint density at radius 3 is 2.56 bits per heavy atom. The van der Waals surface area contributed by atoms with E-state index in [1.807, 2.05) is 0 Å². The largest absolute Gasteiger partial charge is 0.419 e. The van der Waals surface area contributed by atoms with Crippen molar-refractivity contribution in [3.63, 3.8) is 0 Å². The molecule has 1 aromatic heterocycles. The van der Waals surface area contributed by atoms with Gasteiger partial charge in [0.15, 0.2) is 0 Å². The Hall–Kier alpha value is -1.59. The van der Waals surface area contributed by atoms with Gasteiger partial charge >= 0.3 is 6.18 Å². The molecule has 0 aliphatic heterocycles. The molecule has 0 spiro atoms. The topological polar surface area (TPSA) is 42.0 Å². The van der Waals surface area contributed by atoms with Crippen molar-refractivity contribution < 1.29 is 18.0 Å². The lowest BCUT2D eigenvalue weighted by atomic mass is 10.2. The van der Waals surface area contributed by atoms with Crippen LogP contribution in [0.1, 0.15) is 19.4 Å². The minimum absolute atomic E-state index is 0.400. The first-order chi connectivity index (χ1) is 7.32. The second-order valence-corrected chi connectivity index (χ2v) is 3.54. The van der Waals surface area contributed by atoms with E-state index in [1.165, 1.54) is 12.3 Å². The van der Waals surface area contributed by atoms with Crippen LogP contribution >= 0.6 is 0 Å². The molecule has 0 saturated carbocycles. The SMILES string of the molecule is CC(C)C(=O)Nc1ncccc1C(F)(F)F. The molecule has 6 heteroatoms. The van der Waals surface area contributed by atoms with Gasteiger partial charge in [0, 0.05) is 12.1 Å². The van der Waals surface area contributed by atoms with Crippen LogP contribution in [0.4, 0.5) is 19.0 Å². The predicted molar refractivity (Wildman–Crippen MR) is 52.7 cm³/mol. The van der Waals surface area contributed by atoms with E-state index in [0.717, 1.165) is 6.07 Å². The first kappa shape index (κ1) is 12.5. The molecular formula is C10H11F3N2O. The van der Waals surface area contributed by atoms with Gasteiger partial charge in [-0.05, 0) is 12.1 Å². The van der Waals surface area contributed by atoms with Gasteiger partial charge in [0.2, 0.25) is 5.91 Å². The first-order valence-electron chi connectivity index (χ1n) is 4.65. The summed E-state index contributed by atoms with van der Waals surface area (Å²) in [6.45, 7) is 3.18. The lowest BCUT2D eigenvalue weighted by Crippen LogP contribution is -2.21. The van der Waals surface area contributed by atoms with E-state index in [4.69, 9.17) is 0 Å². The number of alkyl halides is 3. The Bertz CT molecular complexity index is 388. The van der Waals surface area contributed by atoms with Gasteiger partial charge in [-0.1, -0.05) is 13.8 Å². The van der Waals surface area contributed by atoms with Gasteiger partial charge in [0.05, 0.1) is 5.56 Å². The van der Waals surface area contributed by atoms with Gasteiger partial charge in [-0.15, -0.1) is 0 Å². The molecular weight excluding hydrogens is 221 g/mol. The maximum Gasteiger partial charge on any atom is 0.419 e. The predicted octanol–water partition coefficient (Wildman–Crippen LogP) is 2.69. The number of amides is 1. The van der Waals surface area contributed by atoms with Crippen molar-refractivity contribution in [3.05, 3.63) is 23.9 Å². The fourth-order valence-electron chi connectivity index (χ4n) is 0.995. The highest BCUT2D eigenvalue weighted by Gasteiger charge is 2.34. The summed E-state index contributed by atoms with van der Waals surface area (Å²) < 4.78 is 37.5. The van der Waals surface area contributed by atoms with E-state index in [-0.39, 0.29) is 0 Å². The average molecular weight is 232 g/mol. The Kier molecular flexibility index (Phi) is 3.51. The summed E-state index contributed by atoms with van der Waals surface area (Å²) in [6, 6.07) is 2.05. The average Bonchev–Trinajstić information content (AvgIpc) is 2.16. The van der Waals surface area contributed by atoms with Crippen molar-refractivity contribution in [3.8, 4) is 0 Å². The Balaban J connectivity index is 3.01. The monoisotopic (exact) mass is 232 g/mol. The van der Waals surface area contributed by atoms with Crippen molar-refractivity contribution in [2.75, 3.05) is 5.32 Å². The van der Waals surface area contributed by atoms with Gasteiger partial charge in [-0.25, -0.2) is 4.98 Å². The Morgan fingerprint density at radius 2 is 2.06 bits per heavy atom. The molecule has 0 bridgehead atoms. The summed E-state index contributed by atoms with van der Waals surface area (Å²) in [5.41, 5.74) is -0.941. The highest BCUT2D eigenvalue weighted by molar-refractivity contribution is 5.91. The van der Waals surface area contributed by atoms with Crippen LogP contribution in [0, 0.1) is 5.92 Å². The van der Waals surface area contributed by atoms with E-state index in [9.17, 15) is 18.0 Å². The van der Waals surface area contributed by atoms with E-state index in [0.29, 0.717) is 0 Å². The van der Waals surface area contributed by atoms with Crippen molar-refractivity contribution in [2.45, 2.75) is 20.0 Å². The maximum atomic E-state index is 12.5. The smallest absolute Gasteiger partial charge is 0.310 e. The highest BCUT2D eigenvalue weighted by Crippen LogP contribution is 2.33. The van der Waals surface area contributed by atoms with Crippen molar-refractivity contribution in [1.82, 2.24) is 4.98 Å². The van der Waals surface area contributed by atoms with E-state index >= 15 is 0 Å². The number of hydrogen-bond acceptors (Lipinski definition) is 2. The molecule has 3 nitrogen and oxygen atoms in total. The second-order valence-electron chi connectivity index (χ2n) is 3.54. The van der Waals surface area contributed by atoms with Gasteiger partial charge in [-0.2, -0.15) is 13.2 Å². The van der Waals surface area contributed by atoms with Gasteiger partial charge < -0.3 is 5.32 Å². The summed E-state index contributed by atoms with van der Waals surface area (Å²) in [6.07, 6.45) is -3.32. The zero-order valence-corrected chi connectivity index (χ0v) is 8.80. The minimum Gasteiger partial charge on any atom is -0.310 e. The number of nitrogens with one attached hydrogen (secondary N) is 1. The number of nitrogens with zero attached hydrogens (tertiary/aromatic N) is 1. The third-order valence-electron chi connectivity index (χ3n) is 1.88. The molecule has 0 aromatic carbocycles. The number of pyridine rings is 1. The van der Waals surface area contributed by atoms with Crippen LogP contribution in [0.2, 0.25) is 0 Å². The van der Waals surface area contributed by atoms with Crippen LogP contribution in [0.15, 0.2) is 18.3 Å². The van der Waals surface area contributed by atoms with E-state index in [2.05, 4.69) is 10.3 Å². The molecule has 1 N–H and O–H groups in total. The lowest BCUT2D eigenvalue weighted by molar-refractivity contribution is -0.137. The van der Waals surface area contributed by atoms with Crippen molar-refractivity contribution >= 4 is 11.7 Å². The van der Waals surface area contributed by atoms with Crippen LogP contribution in [-0.4, -0.2) is 10.9 Å². The van der Waals surface area contributed by atoms with Crippen LogP contribution in [0.25, 0.3) is 0 Å². The Labute approximate surface area is 90.7 Å². The molecule has 1 rings (SSSR count). The number of aromatic nitrogens is 1. The molecule has 0 fully saturated rings. The molecule has 1 amide bonds. The molecule has 1 aromatic rings. The molecule has 0 saturated heterocycles. The minimum atomic E-state index is -4.52. The zero-order chi connectivity index (χ0) is 12.3. The summed E-state index contributed by atoms with van der Waals surface area (Å²) in [7, 11) is 0. The molecule has 0 aliphatic carbocycles. The van der Waals surface area contributed by atoms with Gasteiger partial charge in [0.1, 0.15) is 5.82 Å². The summed E-state index contributed by atoms with van der Waals surface area (Å²) in [5.74, 6) is -1.35. The third kappa shape index (κ3) is 2.95. The fraction of sp³-hybridized carbons (Fsp3) is 0.400. The van der Waals surface area contributed by atoms with Crippen molar-refractivity contribution in [2.24, 2.45) is 5.92 Å². The summed E-state index contributed by atoms with van der Waals surface area (Å²) >= 11 is 0. The molecule has 0 atom stereocenters. The molecule has 1 heterocycles. The number of carbonyl (C=O) groups excluding carboxylic acids is 1. The van der Waals surface area contributed by atoms with Crippen LogP contribution < -0.4 is 5.32 Å². The molecule has 88 valence electrons. The molecule has 0 aliphatic rings. The fourth-order valence-corrected chi connectivity index (χ4v) is 0.995. The number of carbonyl (C=O) groups is 1. The quantitative estimate of drug-likeness (QED) is 0.851. The molecule has 0 radical (unpaired) electrons. The lowest BCUT2D eigenvalue weighted by Gasteiger charge is -2.13. The van der Waals surface area contributed by atoms with Crippen LogP contribution in [-0.2, 0) is 11.0 Å². The first-order valence-corrected chi connectivity index (χ1v) is 4.65. The third-order valence-corrected chi connectivity index (χ3v) is 1.88. The normalized spacial score (nSPS) is 11.6. The standard InChI is InChI=1S/C10H11F3N2O/c1-6(2)9(16)15-8-7(10(11,12)13)4-3-5-14-8/h3-6H,1-2H3,(H,14,15,16). The zero-order valence-electron chi connectivity index (χ0n) is 8.80. The van der Waals surface area contributed by atoms with E-state index < -0.39 is 29.4 Å². The van der Waals surface area contributed by atoms with Gasteiger partial charge in [0.25, 0.3) is 0 Å². The number of rotatable bonds is 2. The summed E-state index contributed by atoms with van der Waals surface area (Å²) in [5, 5.41) is 2.15. The van der Waals surface area contributed by atoms with Gasteiger partial charge in [-0.3, -0.25) is 4.79 Å². The number of halogens is 3.